The second-order valence-corrected chi connectivity index (χ2v) is 7.91. The molecule has 3 heterocycles. The third-order valence-electron chi connectivity index (χ3n) is 5.27. The summed E-state index contributed by atoms with van der Waals surface area (Å²) in [5, 5.41) is 3.12. The fraction of sp³-hybridized carbons (Fsp3) is 0.429. The van der Waals surface area contributed by atoms with Crippen molar-refractivity contribution in [2.75, 3.05) is 31.1 Å². The summed E-state index contributed by atoms with van der Waals surface area (Å²) in [6.45, 7) is 6.64. The summed E-state index contributed by atoms with van der Waals surface area (Å²) >= 11 is 0. The maximum absolute atomic E-state index is 13.6. The number of aromatic nitrogens is 1. The van der Waals surface area contributed by atoms with Crippen molar-refractivity contribution in [3.63, 3.8) is 0 Å². The highest BCUT2D eigenvalue weighted by Crippen LogP contribution is 2.39. The molecule has 1 aromatic heterocycles. The standard InChI is InChI=1S/C21H25FN4O2/c1-21(2)14-17(16-7-6-15(22)13-18(16)28-21)24-20(27)26-11-9-25(10-12-26)19-5-3-4-8-23-19/h3-8,13,17H,9-12,14H2,1-2H3,(H,24,27). The van der Waals surface area contributed by atoms with Gasteiger partial charge >= 0.3 is 6.03 Å². The van der Waals surface area contributed by atoms with Gasteiger partial charge in [0.05, 0.1) is 6.04 Å². The van der Waals surface area contributed by atoms with E-state index in [1.54, 1.807) is 12.3 Å². The molecule has 2 aliphatic heterocycles. The number of amides is 2. The Hall–Kier alpha value is -2.83. The highest BCUT2D eigenvalue weighted by Gasteiger charge is 2.35. The van der Waals surface area contributed by atoms with Gasteiger partial charge in [-0.2, -0.15) is 0 Å². The second kappa shape index (κ2) is 7.30. The maximum atomic E-state index is 13.6. The number of carbonyl (C=O) groups is 1. The summed E-state index contributed by atoms with van der Waals surface area (Å²) in [6.07, 6.45) is 2.41. The zero-order chi connectivity index (χ0) is 19.7. The Morgan fingerprint density at radius 1 is 1.21 bits per heavy atom. The molecule has 1 atom stereocenters. The molecule has 7 heteroatoms. The Morgan fingerprint density at radius 2 is 2.00 bits per heavy atom. The molecule has 1 aromatic carbocycles. The van der Waals surface area contributed by atoms with E-state index in [1.807, 2.05) is 36.9 Å². The molecule has 0 saturated carbocycles. The molecule has 28 heavy (non-hydrogen) atoms. The van der Waals surface area contributed by atoms with Gasteiger partial charge in [0.2, 0.25) is 0 Å². The number of pyridine rings is 1. The first-order chi connectivity index (χ1) is 13.4. The molecule has 0 radical (unpaired) electrons. The molecule has 2 aliphatic rings. The van der Waals surface area contributed by atoms with Crippen LogP contribution in [0.2, 0.25) is 0 Å². The number of halogens is 1. The Morgan fingerprint density at radius 3 is 2.71 bits per heavy atom. The largest absolute Gasteiger partial charge is 0.487 e. The number of anilines is 1. The number of piperazine rings is 1. The smallest absolute Gasteiger partial charge is 0.318 e. The van der Waals surface area contributed by atoms with Crippen molar-refractivity contribution in [1.29, 1.82) is 0 Å². The van der Waals surface area contributed by atoms with Gasteiger partial charge in [0, 0.05) is 50.4 Å². The number of benzene rings is 1. The zero-order valence-electron chi connectivity index (χ0n) is 16.2. The van der Waals surface area contributed by atoms with Gasteiger partial charge in [-0.15, -0.1) is 0 Å². The SMILES string of the molecule is CC1(C)CC(NC(=O)N2CCN(c3ccccn3)CC2)c2ccc(F)cc2O1. The minimum Gasteiger partial charge on any atom is -0.487 e. The highest BCUT2D eigenvalue weighted by atomic mass is 19.1. The number of carbonyl (C=O) groups excluding carboxylic acids is 1. The van der Waals surface area contributed by atoms with Crippen LogP contribution in [0.5, 0.6) is 5.75 Å². The summed E-state index contributed by atoms with van der Waals surface area (Å²) in [5.74, 6) is 1.10. The van der Waals surface area contributed by atoms with E-state index in [-0.39, 0.29) is 17.9 Å². The van der Waals surface area contributed by atoms with Gasteiger partial charge in [-0.05, 0) is 32.0 Å². The van der Waals surface area contributed by atoms with E-state index in [2.05, 4.69) is 15.2 Å². The summed E-state index contributed by atoms with van der Waals surface area (Å²) in [7, 11) is 0. The highest BCUT2D eigenvalue weighted by molar-refractivity contribution is 5.75. The number of nitrogens with one attached hydrogen (secondary N) is 1. The molecule has 1 saturated heterocycles. The van der Waals surface area contributed by atoms with Crippen molar-refractivity contribution < 1.29 is 13.9 Å². The molecule has 4 rings (SSSR count). The average molecular weight is 384 g/mol. The lowest BCUT2D eigenvalue weighted by molar-refractivity contribution is 0.0659. The molecular formula is C21H25FN4O2. The molecule has 1 N–H and O–H groups in total. The fourth-order valence-electron chi connectivity index (χ4n) is 3.87. The molecular weight excluding hydrogens is 359 g/mol. The third-order valence-corrected chi connectivity index (χ3v) is 5.27. The lowest BCUT2D eigenvalue weighted by Crippen LogP contribution is -2.53. The monoisotopic (exact) mass is 384 g/mol. The Labute approximate surface area is 164 Å². The third kappa shape index (κ3) is 3.88. The van der Waals surface area contributed by atoms with Gasteiger partial charge < -0.3 is 19.9 Å². The number of fused-ring (bicyclic) bond motifs is 1. The minimum absolute atomic E-state index is 0.0985. The van der Waals surface area contributed by atoms with E-state index in [1.165, 1.54) is 12.1 Å². The van der Waals surface area contributed by atoms with Gasteiger partial charge in [0.15, 0.2) is 0 Å². The van der Waals surface area contributed by atoms with E-state index in [0.717, 1.165) is 24.5 Å². The van der Waals surface area contributed by atoms with Crippen LogP contribution < -0.4 is 15.0 Å². The van der Waals surface area contributed by atoms with E-state index in [9.17, 15) is 9.18 Å². The molecule has 0 bridgehead atoms. The Balaban J connectivity index is 1.42. The van der Waals surface area contributed by atoms with Crippen molar-refractivity contribution >= 4 is 11.8 Å². The van der Waals surface area contributed by atoms with E-state index in [4.69, 9.17) is 4.74 Å². The molecule has 0 aliphatic carbocycles. The van der Waals surface area contributed by atoms with Crippen LogP contribution in [-0.4, -0.2) is 47.7 Å². The number of nitrogens with zero attached hydrogens (tertiary/aromatic N) is 3. The quantitative estimate of drug-likeness (QED) is 0.863. The van der Waals surface area contributed by atoms with E-state index < -0.39 is 5.60 Å². The number of rotatable bonds is 2. The molecule has 1 unspecified atom stereocenters. The first-order valence-electron chi connectivity index (χ1n) is 9.61. The number of hydrogen-bond acceptors (Lipinski definition) is 4. The van der Waals surface area contributed by atoms with Crippen molar-refractivity contribution in [3.8, 4) is 5.75 Å². The van der Waals surface area contributed by atoms with Crippen molar-refractivity contribution in [1.82, 2.24) is 15.2 Å². The van der Waals surface area contributed by atoms with Crippen molar-refractivity contribution in [2.45, 2.75) is 31.9 Å². The summed E-state index contributed by atoms with van der Waals surface area (Å²) < 4.78 is 19.5. The second-order valence-electron chi connectivity index (χ2n) is 7.91. The van der Waals surface area contributed by atoms with Crippen LogP contribution in [0.25, 0.3) is 0 Å². The van der Waals surface area contributed by atoms with Crippen LogP contribution in [0.4, 0.5) is 15.0 Å². The minimum atomic E-state index is -0.476. The lowest BCUT2D eigenvalue weighted by atomic mass is 9.89. The van der Waals surface area contributed by atoms with E-state index >= 15 is 0 Å². The van der Waals surface area contributed by atoms with Crippen LogP contribution in [-0.2, 0) is 0 Å². The molecule has 6 nitrogen and oxygen atoms in total. The zero-order valence-corrected chi connectivity index (χ0v) is 16.2. The predicted molar refractivity (Wildman–Crippen MR) is 105 cm³/mol. The normalized spacial score (nSPS) is 20.9. The van der Waals surface area contributed by atoms with Gasteiger partial charge in [0.25, 0.3) is 0 Å². The van der Waals surface area contributed by atoms with Crippen LogP contribution in [0.3, 0.4) is 0 Å². The molecule has 2 amide bonds. The first kappa shape index (κ1) is 18.5. The summed E-state index contributed by atoms with van der Waals surface area (Å²) in [6, 6.07) is 10.0. The van der Waals surface area contributed by atoms with Gasteiger partial charge in [-0.3, -0.25) is 0 Å². The maximum Gasteiger partial charge on any atom is 0.318 e. The topological polar surface area (TPSA) is 57.7 Å². The van der Waals surface area contributed by atoms with E-state index in [0.29, 0.717) is 25.3 Å². The van der Waals surface area contributed by atoms with Gasteiger partial charge in [-0.25, -0.2) is 14.2 Å². The van der Waals surface area contributed by atoms with Crippen LogP contribution in [0.15, 0.2) is 42.6 Å². The van der Waals surface area contributed by atoms with Gasteiger partial charge in [-0.1, -0.05) is 12.1 Å². The fourth-order valence-corrected chi connectivity index (χ4v) is 3.87. The van der Waals surface area contributed by atoms with Crippen LogP contribution in [0, 0.1) is 5.82 Å². The van der Waals surface area contributed by atoms with Crippen LogP contribution in [0.1, 0.15) is 31.9 Å². The molecule has 148 valence electrons. The van der Waals surface area contributed by atoms with Gasteiger partial charge in [0.1, 0.15) is 23.0 Å². The predicted octanol–water partition coefficient (Wildman–Crippen LogP) is 3.35. The molecule has 1 fully saturated rings. The summed E-state index contributed by atoms with van der Waals surface area (Å²) in [4.78, 5) is 21.2. The number of ether oxygens (including phenoxy) is 1. The number of hydrogen-bond donors (Lipinski definition) is 1. The lowest BCUT2D eigenvalue weighted by Gasteiger charge is -2.40. The number of urea groups is 1. The first-order valence-corrected chi connectivity index (χ1v) is 9.61. The Kier molecular flexibility index (Phi) is 4.83. The Bertz CT molecular complexity index is 851. The average Bonchev–Trinajstić information content (AvgIpc) is 2.67. The van der Waals surface area contributed by atoms with Crippen molar-refractivity contribution in [3.05, 3.63) is 54.0 Å². The molecule has 2 aromatic rings. The summed E-state index contributed by atoms with van der Waals surface area (Å²) in [5.41, 5.74) is 0.345. The van der Waals surface area contributed by atoms with Crippen molar-refractivity contribution in [2.24, 2.45) is 0 Å². The molecule has 0 spiro atoms. The van der Waals surface area contributed by atoms with Crippen LogP contribution >= 0.6 is 0 Å².